The summed E-state index contributed by atoms with van der Waals surface area (Å²) >= 11 is 0. The number of nitrogens with one attached hydrogen (secondary N) is 4. The predicted molar refractivity (Wildman–Crippen MR) is 227 cm³/mol. The molecule has 0 saturated carbocycles. The minimum absolute atomic E-state index is 0.1000. The number of aromatic nitrogens is 2. The highest BCUT2D eigenvalue weighted by Crippen LogP contribution is 2.34. The van der Waals surface area contributed by atoms with Crippen molar-refractivity contribution in [2.45, 2.75) is 91.1 Å². The zero-order valence-electron chi connectivity index (χ0n) is 35.0. The van der Waals surface area contributed by atoms with Gasteiger partial charge in [-0.15, -0.1) is 0 Å². The maximum atomic E-state index is 14.7. The largest absolute Gasteiger partial charge is 0.453 e. The van der Waals surface area contributed by atoms with E-state index in [-0.39, 0.29) is 50.3 Å². The van der Waals surface area contributed by atoms with Gasteiger partial charge in [0.2, 0.25) is 11.8 Å². The van der Waals surface area contributed by atoms with Gasteiger partial charge in [0.1, 0.15) is 0 Å². The number of pyridine rings is 2. The van der Waals surface area contributed by atoms with E-state index in [1.54, 1.807) is 17.3 Å². The number of hydrogen-bond acceptors (Lipinski definition) is 8. The third-order valence-electron chi connectivity index (χ3n) is 10.7. The molecule has 314 valence electrons. The average molecular weight is 806 g/mol. The van der Waals surface area contributed by atoms with Crippen molar-refractivity contribution in [3.8, 4) is 11.3 Å². The Bertz CT molecular complexity index is 1970. The first kappa shape index (κ1) is 44.3. The third kappa shape index (κ3) is 13.1. The summed E-state index contributed by atoms with van der Waals surface area (Å²) < 4.78 is 4.72. The molecule has 5 amide bonds. The van der Waals surface area contributed by atoms with Crippen LogP contribution in [0.5, 0.6) is 0 Å². The summed E-state index contributed by atoms with van der Waals surface area (Å²) in [5.74, 6) is -1.17. The molecule has 2 aromatic carbocycles. The molecule has 5 atom stereocenters. The number of nitrogens with zero attached hydrogens (tertiary/aromatic N) is 3. The van der Waals surface area contributed by atoms with Crippen molar-refractivity contribution in [2.24, 2.45) is 16.7 Å². The van der Waals surface area contributed by atoms with Gasteiger partial charge in [0.15, 0.2) is 0 Å². The lowest BCUT2D eigenvalue weighted by Crippen LogP contribution is -2.56. The number of aliphatic hydroxyl groups is 1. The molecular weight excluding hydrogens is 747 g/mol. The molecule has 5 unspecified atom stereocenters. The second-order valence-corrected chi connectivity index (χ2v) is 17.2. The molecule has 2 aromatic heterocycles. The van der Waals surface area contributed by atoms with Gasteiger partial charge < -0.3 is 36.0 Å². The molecule has 5 rings (SSSR count). The molecular formula is C46H59N7O6. The summed E-state index contributed by atoms with van der Waals surface area (Å²) in [7, 11) is 1.29. The molecule has 13 heteroatoms. The normalized spacial score (nSPS) is 16.3. The molecule has 1 aliphatic rings. The van der Waals surface area contributed by atoms with Crippen LogP contribution in [0.2, 0.25) is 0 Å². The predicted octanol–water partition coefficient (Wildman–Crippen LogP) is 5.68. The summed E-state index contributed by atoms with van der Waals surface area (Å²) in [6.45, 7) is 10.4. The Morgan fingerprint density at radius 2 is 1.53 bits per heavy atom. The summed E-state index contributed by atoms with van der Waals surface area (Å²) in [6.07, 6.45) is 2.72. The van der Waals surface area contributed by atoms with Gasteiger partial charge in [-0.1, -0.05) is 101 Å². The standard InChI is InChI=1S/C46H59N7O6/c1-45(2,3)41(38-28-49-43(57)53(38)29-34-16-10-12-22-47-34)42(56)52-37(25-31-14-8-7-9-15-31)39(54)26-35(51-40(55)27-46(4,5)30-50-44(58)59-6)24-32-18-20-33(21-19-32)36-17-11-13-23-48-36/h7-23,35,37-39,41,54H,24-30H2,1-6H3,(H,49,57)(H,50,58)(H,51,55)(H,52,56). The second kappa shape index (κ2) is 20.2. The van der Waals surface area contributed by atoms with Crippen LogP contribution in [0.3, 0.4) is 0 Å². The first-order valence-electron chi connectivity index (χ1n) is 20.2. The van der Waals surface area contributed by atoms with Crippen molar-refractivity contribution in [1.29, 1.82) is 0 Å². The van der Waals surface area contributed by atoms with Gasteiger partial charge in [0, 0.05) is 43.5 Å². The van der Waals surface area contributed by atoms with E-state index in [0.717, 1.165) is 22.4 Å². The molecule has 0 bridgehead atoms. The van der Waals surface area contributed by atoms with Crippen LogP contribution in [-0.4, -0.2) is 88.3 Å². The van der Waals surface area contributed by atoms with Crippen LogP contribution in [0.25, 0.3) is 11.3 Å². The molecule has 59 heavy (non-hydrogen) atoms. The fraction of sp³-hybridized carbons (Fsp3) is 0.435. The van der Waals surface area contributed by atoms with Crippen LogP contribution in [-0.2, 0) is 33.7 Å². The third-order valence-corrected chi connectivity index (χ3v) is 10.7. The number of carbonyl (C=O) groups is 4. The molecule has 3 heterocycles. The number of ether oxygens (including phenoxy) is 1. The zero-order valence-corrected chi connectivity index (χ0v) is 35.0. The molecule has 13 nitrogen and oxygen atoms in total. The summed E-state index contributed by atoms with van der Waals surface area (Å²) in [5, 5.41) is 24.2. The van der Waals surface area contributed by atoms with Crippen molar-refractivity contribution in [3.05, 3.63) is 120 Å². The minimum Gasteiger partial charge on any atom is -0.453 e. The Morgan fingerprint density at radius 3 is 2.15 bits per heavy atom. The minimum atomic E-state index is -1.08. The number of hydrogen-bond donors (Lipinski definition) is 5. The first-order chi connectivity index (χ1) is 28.1. The number of carbonyl (C=O) groups excluding carboxylic acids is 4. The topological polar surface area (TPSA) is 175 Å². The van der Waals surface area contributed by atoms with Crippen molar-refractivity contribution in [1.82, 2.24) is 36.1 Å². The fourth-order valence-electron chi connectivity index (χ4n) is 7.71. The van der Waals surface area contributed by atoms with Gasteiger partial charge in [-0.3, -0.25) is 19.6 Å². The van der Waals surface area contributed by atoms with E-state index in [1.165, 1.54) is 7.11 Å². The number of urea groups is 1. The molecule has 0 radical (unpaired) electrons. The lowest BCUT2D eigenvalue weighted by Gasteiger charge is -2.39. The Balaban J connectivity index is 1.40. The lowest BCUT2D eigenvalue weighted by molar-refractivity contribution is -0.132. The van der Waals surface area contributed by atoms with Gasteiger partial charge in [-0.05, 0) is 65.5 Å². The Morgan fingerprint density at radius 1 is 0.864 bits per heavy atom. The molecule has 0 aliphatic carbocycles. The monoisotopic (exact) mass is 805 g/mol. The van der Waals surface area contributed by atoms with E-state index in [0.29, 0.717) is 18.5 Å². The van der Waals surface area contributed by atoms with Crippen molar-refractivity contribution in [3.63, 3.8) is 0 Å². The molecule has 4 aromatic rings. The van der Waals surface area contributed by atoms with Gasteiger partial charge in [0.25, 0.3) is 0 Å². The van der Waals surface area contributed by atoms with E-state index < -0.39 is 47.1 Å². The quantitative estimate of drug-likeness (QED) is 0.0855. The van der Waals surface area contributed by atoms with E-state index in [4.69, 9.17) is 4.74 Å². The maximum absolute atomic E-state index is 14.7. The van der Waals surface area contributed by atoms with Crippen LogP contribution < -0.4 is 21.3 Å². The highest BCUT2D eigenvalue weighted by atomic mass is 16.5. The highest BCUT2D eigenvalue weighted by Gasteiger charge is 2.46. The van der Waals surface area contributed by atoms with E-state index >= 15 is 0 Å². The Labute approximate surface area is 347 Å². The molecule has 1 aliphatic heterocycles. The molecule has 1 saturated heterocycles. The van der Waals surface area contributed by atoms with Crippen LogP contribution in [0.4, 0.5) is 9.59 Å². The van der Waals surface area contributed by atoms with Gasteiger partial charge in [-0.2, -0.15) is 0 Å². The highest BCUT2D eigenvalue weighted by molar-refractivity contribution is 5.84. The molecule has 5 N–H and O–H groups in total. The van der Waals surface area contributed by atoms with Crippen LogP contribution in [0.15, 0.2) is 103 Å². The number of alkyl carbamates (subject to hydrolysis) is 1. The number of amides is 5. The Hall–Kier alpha value is -5.82. The van der Waals surface area contributed by atoms with Crippen molar-refractivity contribution in [2.75, 3.05) is 20.2 Å². The second-order valence-electron chi connectivity index (χ2n) is 17.2. The average Bonchev–Trinajstić information content (AvgIpc) is 3.55. The lowest BCUT2D eigenvalue weighted by atomic mass is 9.75. The number of rotatable bonds is 18. The smallest absolute Gasteiger partial charge is 0.406 e. The van der Waals surface area contributed by atoms with Gasteiger partial charge in [-0.25, -0.2) is 9.59 Å². The van der Waals surface area contributed by atoms with Crippen molar-refractivity contribution < 1.29 is 29.0 Å². The Kier molecular flexibility index (Phi) is 15.2. The van der Waals surface area contributed by atoms with Crippen LogP contribution in [0, 0.1) is 16.7 Å². The molecule has 1 fully saturated rings. The maximum Gasteiger partial charge on any atom is 0.406 e. The number of benzene rings is 2. The van der Waals surface area contributed by atoms with E-state index in [2.05, 4.69) is 31.2 Å². The number of aliphatic hydroxyl groups excluding tert-OH is 1. The molecule has 0 spiro atoms. The van der Waals surface area contributed by atoms with Crippen LogP contribution in [0.1, 0.15) is 64.3 Å². The summed E-state index contributed by atoms with van der Waals surface area (Å²) in [6, 6.07) is 26.9. The zero-order chi connectivity index (χ0) is 42.6. The van der Waals surface area contributed by atoms with E-state index in [9.17, 15) is 24.3 Å². The van der Waals surface area contributed by atoms with Gasteiger partial charge >= 0.3 is 12.1 Å². The SMILES string of the molecule is COC(=O)NCC(C)(C)CC(=O)NC(Cc1ccc(-c2ccccn2)cc1)CC(O)C(Cc1ccccc1)NC(=O)C(C1CNC(=O)N1Cc1ccccn1)C(C)(C)C. The number of methoxy groups -OCH3 is 1. The van der Waals surface area contributed by atoms with E-state index in [1.807, 2.05) is 126 Å². The summed E-state index contributed by atoms with van der Waals surface area (Å²) in [5.41, 5.74) is 3.19. The fourth-order valence-corrected chi connectivity index (χ4v) is 7.71. The van der Waals surface area contributed by atoms with Crippen molar-refractivity contribution >= 4 is 23.9 Å². The summed E-state index contributed by atoms with van der Waals surface area (Å²) in [4.78, 5) is 63.9. The van der Waals surface area contributed by atoms with Crippen LogP contribution >= 0.6 is 0 Å². The first-order valence-corrected chi connectivity index (χ1v) is 20.2. The van der Waals surface area contributed by atoms with Gasteiger partial charge in [0.05, 0.1) is 49.1 Å².